The van der Waals surface area contributed by atoms with Gasteiger partial charge in [-0.2, -0.15) is 5.26 Å². The van der Waals surface area contributed by atoms with Gasteiger partial charge in [0.05, 0.1) is 6.07 Å². The van der Waals surface area contributed by atoms with Gasteiger partial charge in [-0.1, -0.05) is 18.2 Å². The number of thioether (sulfide) groups is 1. The third kappa shape index (κ3) is 2.89. The number of carbonyl (C=O) groups is 1. The number of nitrogens with zero attached hydrogens (tertiary/aromatic N) is 1. The number of rotatable bonds is 5. The van der Waals surface area contributed by atoms with E-state index in [1.807, 2.05) is 24.3 Å². The van der Waals surface area contributed by atoms with Crippen LogP contribution in [0.15, 0.2) is 30.5 Å². The van der Waals surface area contributed by atoms with E-state index in [4.69, 9.17) is 10.8 Å². The number of aromatic nitrogens is 1. The normalized spacial score (nSPS) is 13.9. The number of fused-ring (bicyclic) bond motifs is 1. The minimum atomic E-state index is -1.05. The number of carboxylic acid groups (broad SMARTS) is 1. The number of benzene rings is 1. The van der Waals surface area contributed by atoms with Gasteiger partial charge in [0.1, 0.15) is 11.3 Å². The fourth-order valence-corrected chi connectivity index (χ4v) is 2.77. The average Bonchev–Trinajstić information content (AvgIpc) is 2.83. The molecule has 5 nitrogen and oxygen atoms in total. The highest BCUT2D eigenvalue weighted by molar-refractivity contribution is 7.99. The van der Waals surface area contributed by atoms with Crippen molar-refractivity contribution in [1.82, 2.24) is 4.98 Å². The monoisotopic (exact) mass is 275 g/mol. The van der Waals surface area contributed by atoms with Gasteiger partial charge in [-0.3, -0.25) is 4.79 Å². The molecule has 2 aromatic rings. The van der Waals surface area contributed by atoms with Crippen molar-refractivity contribution < 1.29 is 9.90 Å². The molecule has 2 atom stereocenters. The molecule has 2 rings (SSSR count). The number of hydrogen-bond acceptors (Lipinski definition) is 4. The summed E-state index contributed by atoms with van der Waals surface area (Å²) in [5.41, 5.74) is 7.27. The predicted octanol–water partition coefficient (Wildman–Crippen LogP) is 1.88. The van der Waals surface area contributed by atoms with Gasteiger partial charge >= 0.3 is 5.97 Å². The summed E-state index contributed by atoms with van der Waals surface area (Å²) < 4.78 is 0. The molecule has 0 aliphatic heterocycles. The van der Waals surface area contributed by atoms with Crippen molar-refractivity contribution in [2.75, 3.05) is 5.75 Å². The van der Waals surface area contributed by atoms with Crippen molar-refractivity contribution in [2.24, 2.45) is 5.73 Å². The summed E-state index contributed by atoms with van der Waals surface area (Å²) in [4.78, 5) is 13.8. The van der Waals surface area contributed by atoms with Gasteiger partial charge in [0.25, 0.3) is 0 Å². The Hall–Kier alpha value is -1.97. The van der Waals surface area contributed by atoms with Crippen LogP contribution in [0, 0.1) is 11.3 Å². The number of nitrogens with one attached hydrogen (secondary N) is 1. The van der Waals surface area contributed by atoms with Crippen molar-refractivity contribution >= 4 is 28.6 Å². The van der Waals surface area contributed by atoms with Crippen molar-refractivity contribution in [2.45, 2.75) is 11.3 Å². The molecule has 6 heteroatoms. The number of aliphatic carboxylic acids is 1. The molecule has 0 amide bonds. The lowest BCUT2D eigenvalue weighted by atomic mass is 10.1. The second-order valence-corrected chi connectivity index (χ2v) is 5.21. The van der Waals surface area contributed by atoms with E-state index in [0.717, 1.165) is 16.5 Å². The van der Waals surface area contributed by atoms with Crippen LogP contribution in [0.3, 0.4) is 0 Å². The van der Waals surface area contributed by atoms with E-state index in [-0.39, 0.29) is 5.75 Å². The highest BCUT2D eigenvalue weighted by Gasteiger charge is 2.19. The Kier molecular flexibility index (Phi) is 4.10. The third-order valence-electron chi connectivity index (χ3n) is 2.78. The maximum Gasteiger partial charge on any atom is 0.321 e. The van der Waals surface area contributed by atoms with Gasteiger partial charge in [0, 0.05) is 28.4 Å². The molecule has 0 fully saturated rings. The van der Waals surface area contributed by atoms with E-state index in [1.54, 1.807) is 6.20 Å². The van der Waals surface area contributed by atoms with Crippen LogP contribution >= 0.6 is 11.8 Å². The highest BCUT2D eigenvalue weighted by atomic mass is 32.2. The molecule has 1 heterocycles. The quantitative estimate of drug-likeness (QED) is 0.773. The third-order valence-corrected chi connectivity index (χ3v) is 4.02. The number of nitriles is 1. The van der Waals surface area contributed by atoms with E-state index in [1.165, 1.54) is 11.8 Å². The predicted molar refractivity (Wildman–Crippen MR) is 74.7 cm³/mol. The molecular formula is C13H13N3O2S. The van der Waals surface area contributed by atoms with Crippen LogP contribution in [-0.2, 0) is 4.79 Å². The van der Waals surface area contributed by atoms with Crippen molar-refractivity contribution in [1.29, 1.82) is 5.26 Å². The second-order valence-electron chi connectivity index (χ2n) is 4.08. The molecule has 98 valence electrons. The first-order valence-electron chi connectivity index (χ1n) is 5.69. The molecule has 0 radical (unpaired) electrons. The van der Waals surface area contributed by atoms with E-state index in [0.29, 0.717) is 0 Å². The van der Waals surface area contributed by atoms with E-state index in [2.05, 4.69) is 11.1 Å². The van der Waals surface area contributed by atoms with Crippen LogP contribution in [0.2, 0.25) is 0 Å². The Bertz CT molecular complexity index is 632. The van der Waals surface area contributed by atoms with Crippen LogP contribution < -0.4 is 5.73 Å². The molecule has 0 saturated heterocycles. The number of carboxylic acids is 1. The summed E-state index contributed by atoms with van der Waals surface area (Å²) >= 11 is 1.24. The summed E-state index contributed by atoms with van der Waals surface area (Å²) in [6, 6.07) is 8.92. The Balaban J connectivity index is 2.18. The molecule has 2 unspecified atom stereocenters. The molecule has 4 N–H and O–H groups in total. The van der Waals surface area contributed by atoms with Crippen molar-refractivity contribution in [3.8, 4) is 6.07 Å². The minimum Gasteiger partial charge on any atom is -0.480 e. The van der Waals surface area contributed by atoms with Crippen LogP contribution in [0.4, 0.5) is 0 Å². The fourth-order valence-electron chi connectivity index (χ4n) is 1.78. The molecule has 0 bridgehead atoms. The van der Waals surface area contributed by atoms with Crippen LogP contribution in [0.25, 0.3) is 10.9 Å². The molecule has 1 aromatic heterocycles. The Morgan fingerprint density at radius 1 is 1.53 bits per heavy atom. The molecule has 0 aliphatic rings. The summed E-state index contributed by atoms with van der Waals surface area (Å²) in [5, 5.41) is 18.5. The van der Waals surface area contributed by atoms with Gasteiger partial charge in [-0.05, 0) is 6.07 Å². The largest absolute Gasteiger partial charge is 0.480 e. The lowest BCUT2D eigenvalue weighted by molar-refractivity contribution is -0.137. The molecular weight excluding hydrogens is 262 g/mol. The van der Waals surface area contributed by atoms with Crippen LogP contribution in [0.1, 0.15) is 10.8 Å². The zero-order chi connectivity index (χ0) is 13.8. The number of para-hydroxylation sites is 1. The summed E-state index contributed by atoms with van der Waals surface area (Å²) in [6.07, 6.45) is 1.79. The van der Waals surface area contributed by atoms with Crippen molar-refractivity contribution in [3.05, 3.63) is 36.0 Å². The lowest BCUT2D eigenvalue weighted by Gasteiger charge is -2.10. The van der Waals surface area contributed by atoms with Gasteiger partial charge in [-0.15, -0.1) is 11.8 Å². The minimum absolute atomic E-state index is 0.201. The average molecular weight is 275 g/mol. The number of nitrogens with two attached hydrogens (primary N) is 1. The smallest absolute Gasteiger partial charge is 0.321 e. The highest BCUT2D eigenvalue weighted by Crippen LogP contribution is 2.33. The van der Waals surface area contributed by atoms with E-state index in [9.17, 15) is 10.1 Å². The zero-order valence-corrected chi connectivity index (χ0v) is 10.9. The zero-order valence-electron chi connectivity index (χ0n) is 10.0. The number of aromatic amines is 1. The van der Waals surface area contributed by atoms with Gasteiger partial charge in [-0.25, -0.2) is 0 Å². The maximum absolute atomic E-state index is 10.7. The summed E-state index contributed by atoms with van der Waals surface area (Å²) in [6.45, 7) is 0. The first-order chi connectivity index (χ1) is 9.13. The molecule has 0 aliphatic carbocycles. The molecule has 19 heavy (non-hydrogen) atoms. The molecule has 0 saturated carbocycles. The van der Waals surface area contributed by atoms with Gasteiger partial charge < -0.3 is 15.8 Å². The topological polar surface area (TPSA) is 103 Å². The molecule has 0 spiro atoms. The maximum atomic E-state index is 10.7. The number of H-pyrrole nitrogens is 1. The van der Waals surface area contributed by atoms with Gasteiger partial charge in [0.2, 0.25) is 0 Å². The first kappa shape index (κ1) is 13.5. The summed E-state index contributed by atoms with van der Waals surface area (Å²) in [5.74, 6) is -0.851. The standard InChI is InChI=1S/C13H13N3O2S/c14-5-12(19-7-10(15)13(17)18)9-6-16-11-4-2-1-3-8(9)11/h1-4,6,10,12,16H,7,15H2,(H,17,18). The SMILES string of the molecule is N#CC(SCC(N)C(=O)O)c1c[nH]c2ccccc12. The van der Waals surface area contributed by atoms with Crippen LogP contribution in [-0.4, -0.2) is 27.9 Å². The Morgan fingerprint density at radius 3 is 2.95 bits per heavy atom. The first-order valence-corrected chi connectivity index (χ1v) is 6.74. The van der Waals surface area contributed by atoms with Crippen LogP contribution in [0.5, 0.6) is 0 Å². The Morgan fingerprint density at radius 2 is 2.26 bits per heavy atom. The fraction of sp³-hybridized carbons (Fsp3) is 0.231. The van der Waals surface area contributed by atoms with Gasteiger partial charge in [0.15, 0.2) is 0 Å². The second kappa shape index (κ2) is 5.78. The van der Waals surface area contributed by atoms with E-state index < -0.39 is 17.3 Å². The Labute approximate surface area is 114 Å². The van der Waals surface area contributed by atoms with E-state index >= 15 is 0 Å². The summed E-state index contributed by atoms with van der Waals surface area (Å²) in [7, 11) is 0. The lowest BCUT2D eigenvalue weighted by Crippen LogP contribution is -2.32. The molecule has 1 aromatic carbocycles. The van der Waals surface area contributed by atoms with Crippen molar-refractivity contribution in [3.63, 3.8) is 0 Å². The number of hydrogen-bond donors (Lipinski definition) is 3.